The molecule has 1 fully saturated rings. The normalized spacial score (nSPS) is 23.1. The van der Waals surface area contributed by atoms with Crippen LogP contribution in [0.1, 0.15) is 43.0 Å². The third kappa shape index (κ3) is 2.70. The molecular weight excluding hydrogens is 390 g/mol. The van der Waals surface area contributed by atoms with Gasteiger partial charge in [-0.15, -0.1) is 0 Å². The van der Waals surface area contributed by atoms with Crippen molar-refractivity contribution in [3.8, 4) is 5.75 Å². The number of H-pyrrole nitrogens is 1. The van der Waals surface area contributed by atoms with Gasteiger partial charge in [0.05, 0.1) is 19.3 Å². The lowest BCUT2D eigenvalue weighted by Gasteiger charge is -2.51. The van der Waals surface area contributed by atoms with Crippen LogP contribution in [0.25, 0.3) is 10.9 Å². The minimum absolute atomic E-state index is 0.0137. The summed E-state index contributed by atoms with van der Waals surface area (Å²) in [6.45, 7) is 5.08. The van der Waals surface area contributed by atoms with E-state index in [1.165, 1.54) is 0 Å². The van der Waals surface area contributed by atoms with E-state index in [2.05, 4.69) is 17.1 Å². The summed E-state index contributed by atoms with van der Waals surface area (Å²) in [5.74, 6) is 0.667. The molecule has 3 heterocycles. The van der Waals surface area contributed by atoms with Gasteiger partial charge < -0.3 is 19.5 Å². The average Bonchev–Trinajstić information content (AvgIpc) is 3.18. The first-order valence-corrected chi connectivity index (χ1v) is 10.8. The molecule has 5 rings (SSSR count). The Balaban J connectivity index is 1.78. The number of carbonyl (C=O) groups is 2. The van der Waals surface area contributed by atoms with Crippen LogP contribution in [0, 0.1) is 0 Å². The number of nitrogens with zero attached hydrogens (tertiary/aromatic N) is 2. The first-order chi connectivity index (χ1) is 15.0. The van der Waals surface area contributed by atoms with Gasteiger partial charge in [0.15, 0.2) is 5.54 Å². The highest BCUT2D eigenvalue weighted by Crippen LogP contribution is 2.49. The predicted molar refractivity (Wildman–Crippen MR) is 119 cm³/mol. The fourth-order valence-corrected chi connectivity index (χ4v) is 5.36. The average molecular weight is 418 g/mol. The van der Waals surface area contributed by atoms with Gasteiger partial charge in [0.1, 0.15) is 5.75 Å². The lowest BCUT2D eigenvalue weighted by atomic mass is 9.76. The standard InChI is InChI=1S/C25H27N3O3/c1-4-13-27-15-21(29)28-14-18(16-9-6-8-12-20(16)31-3)22-17-10-5-7-11-19(17)26-23(22)25(28,2)24(27)30/h5-12,18,26H,4,13-15H2,1-3H3/t18-,25+/m1/s1. The smallest absolute Gasteiger partial charge is 0.254 e. The molecule has 160 valence electrons. The molecule has 1 saturated heterocycles. The van der Waals surface area contributed by atoms with Crippen molar-refractivity contribution in [2.24, 2.45) is 0 Å². The van der Waals surface area contributed by atoms with Crippen molar-refractivity contribution in [2.75, 3.05) is 26.7 Å². The monoisotopic (exact) mass is 417 g/mol. The molecule has 0 radical (unpaired) electrons. The van der Waals surface area contributed by atoms with Crippen molar-refractivity contribution < 1.29 is 14.3 Å². The Morgan fingerprint density at radius 1 is 1.13 bits per heavy atom. The highest BCUT2D eigenvalue weighted by molar-refractivity contribution is 6.01. The van der Waals surface area contributed by atoms with E-state index in [9.17, 15) is 9.59 Å². The number of fused-ring (bicyclic) bond motifs is 5. The van der Waals surface area contributed by atoms with Crippen LogP contribution < -0.4 is 4.74 Å². The number of ether oxygens (including phenoxy) is 1. The molecule has 0 saturated carbocycles. The molecule has 6 heteroatoms. The van der Waals surface area contributed by atoms with Crippen LogP contribution in [0.15, 0.2) is 48.5 Å². The van der Waals surface area contributed by atoms with E-state index in [1.807, 2.05) is 50.2 Å². The highest BCUT2D eigenvalue weighted by Gasteiger charge is 2.56. The van der Waals surface area contributed by atoms with Crippen molar-refractivity contribution in [2.45, 2.75) is 31.7 Å². The Morgan fingerprint density at radius 3 is 2.65 bits per heavy atom. The minimum atomic E-state index is -1.04. The second kappa shape index (κ2) is 7.15. The number of aromatic amines is 1. The van der Waals surface area contributed by atoms with Gasteiger partial charge in [-0.25, -0.2) is 0 Å². The zero-order valence-corrected chi connectivity index (χ0v) is 18.1. The topological polar surface area (TPSA) is 65.6 Å². The number of hydrogen-bond donors (Lipinski definition) is 1. The largest absolute Gasteiger partial charge is 0.496 e. The van der Waals surface area contributed by atoms with Gasteiger partial charge in [0.25, 0.3) is 5.91 Å². The third-order valence-electron chi connectivity index (χ3n) is 6.83. The number of rotatable bonds is 4. The zero-order chi connectivity index (χ0) is 21.8. The molecule has 2 amide bonds. The maximum absolute atomic E-state index is 13.7. The van der Waals surface area contributed by atoms with Gasteiger partial charge in [-0.2, -0.15) is 0 Å². The Kier molecular flexibility index (Phi) is 4.54. The third-order valence-corrected chi connectivity index (χ3v) is 6.83. The van der Waals surface area contributed by atoms with Gasteiger partial charge in [0.2, 0.25) is 5.91 Å². The van der Waals surface area contributed by atoms with Gasteiger partial charge in [-0.05, 0) is 31.0 Å². The molecule has 2 atom stereocenters. The molecule has 0 spiro atoms. The maximum Gasteiger partial charge on any atom is 0.254 e. The van der Waals surface area contributed by atoms with Crippen molar-refractivity contribution in [3.05, 3.63) is 65.4 Å². The van der Waals surface area contributed by atoms with Crippen LogP contribution in [-0.2, 0) is 15.1 Å². The van der Waals surface area contributed by atoms with E-state index in [-0.39, 0.29) is 24.3 Å². The maximum atomic E-state index is 13.7. The van der Waals surface area contributed by atoms with Gasteiger partial charge in [-0.3, -0.25) is 9.59 Å². The Bertz CT molecular complexity index is 1180. The van der Waals surface area contributed by atoms with Crippen LogP contribution >= 0.6 is 0 Å². The van der Waals surface area contributed by atoms with Crippen molar-refractivity contribution >= 4 is 22.7 Å². The van der Waals surface area contributed by atoms with E-state index in [0.29, 0.717) is 13.1 Å². The van der Waals surface area contributed by atoms with Crippen LogP contribution in [0.5, 0.6) is 5.75 Å². The SMILES string of the molecule is CCCN1CC(=O)N2C[C@H](c3ccccc3OC)c3c([nH]c4ccccc34)[C@@]2(C)C1=O. The molecule has 6 nitrogen and oxygen atoms in total. The van der Waals surface area contributed by atoms with Gasteiger partial charge in [-0.1, -0.05) is 43.3 Å². The minimum Gasteiger partial charge on any atom is -0.496 e. The molecule has 1 N–H and O–H groups in total. The summed E-state index contributed by atoms with van der Waals surface area (Å²) in [5.41, 5.74) is 2.85. The van der Waals surface area contributed by atoms with E-state index in [4.69, 9.17) is 4.74 Å². The molecule has 0 unspecified atom stereocenters. The molecule has 0 bridgehead atoms. The summed E-state index contributed by atoms with van der Waals surface area (Å²) in [5, 5.41) is 1.09. The number of nitrogens with one attached hydrogen (secondary N) is 1. The first kappa shape index (κ1) is 19.7. The molecule has 3 aromatic rings. The summed E-state index contributed by atoms with van der Waals surface area (Å²) in [6.07, 6.45) is 0.818. The number of amides is 2. The second-order valence-electron chi connectivity index (χ2n) is 8.56. The predicted octanol–water partition coefficient (Wildman–Crippen LogP) is 3.62. The molecule has 1 aromatic heterocycles. The molecule has 2 aliphatic heterocycles. The van der Waals surface area contributed by atoms with Crippen molar-refractivity contribution in [1.82, 2.24) is 14.8 Å². The number of benzene rings is 2. The second-order valence-corrected chi connectivity index (χ2v) is 8.56. The lowest BCUT2D eigenvalue weighted by molar-refractivity contribution is -0.166. The van der Waals surface area contributed by atoms with E-state index < -0.39 is 5.54 Å². The number of aromatic nitrogens is 1. The summed E-state index contributed by atoms with van der Waals surface area (Å²) in [4.78, 5) is 34.0. The Labute approximate surface area is 181 Å². The lowest BCUT2D eigenvalue weighted by Crippen LogP contribution is -2.67. The number of methoxy groups -OCH3 is 1. The Morgan fingerprint density at radius 2 is 1.87 bits per heavy atom. The van der Waals surface area contributed by atoms with Crippen LogP contribution in [-0.4, -0.2) is 53.3 Å². The number of para-hydroxylation sites is 2. The molecule has 0 aliphatic carbocycles. The quantitative estimate of drug-likeness (QED) is 0.705. The first-order valence-electron chi connectivity index (χ1n) is 10.8. The molecule has 2 aliphatic rings. The number of carbonyl (C=O) groups excluding carboxylic acids is 2. The zero-order valence-electron chi connectivity index (χ0n) is 18.1. The molecular formula is C25H27N3O3. The van der Waals surface area contributed by atoms with Crippen LogP contribution in [0.2, 0.25) is 0 Å². The fraction of sp³-hybridized carbons (Fsp3) is 0.360. The van der Waals surface area contributed by atoms with Crippen molar-refractivity contribution in [1.29, 1.82) is 0 Å². The highest BCUT2D eigenvalue weighted by atomic mass is 16.5. The van der Waals surface area contributed by atoms with E-state index >= 15 is 0 Å². The Hall–Kier alpha value is -3.28. The van der Waals surface area contributed by atoms with Crippen LogP contribution in [0.3, 0.4) is 0 Å². The van der Waals surface area contributed by atoms with E-state index in [1.54, 1.807) is 16.9 Å². The number of piperazine rings is 1. The van der Waals surface area contributed by atoms with Gasteiger partial charge in [0, 0.05) is 35.5 Å². The van der Waals surface area contributed by atoms with Crippen LogP contribution in [0.4, 0.5) is 0 Å². The molecule has 2 aromatic carbocycles. The fourth-order valence-electron chi connectivity index (χ4n) is 5.36. The number of hydrogen-bond acceptors (Lipinski definition) is 3. The summed E-state index contributed by atoms with van der Waals surface area (Å²) in [6, 6.07) is 16.1. The summed E-state index contributed by atoms with van der Waals surface area (Å²) < 4.78 is 5.67. The summed E-state index contributed by atoms with van der Waals surface area (Å²) >= 11 is 0. The van der Waals surface area contributed by atoms with E-state index in [0.717, 1.165) is 39.9 Å². The van der Waals surface area contributed by atoms with Gasteiger partial charge >= 0.3 is 0 Å². The van der Waals surface area contributed by atoms with Crippen molar-refractivity contribution in [3.63, 3.8) is 0 Å². The summed E-state index contributed by atoms with van der Waals surface area (Å²) in [7, 11) is 1.67. The molecule has 31 heavy (non-hydrogen) atoms.